The molecule has 0 spiro atoms. The fraction of sp³-hybridized carbons (Fsp3) is 0.312. The molecule has 0 aliphatic carbocycles. The molecular formula is C16H16FN3O. The summed E-state index contributed by atoms with van der Waals surface area (Å²) in [4.78, 5) is 6.77. The van der Waals surface area contributed by atoms with E-state index in [4.69, 9.17) is 4.42 Å². The third kappa shape index (κ3) is 2.14. The molecule has 0 fully saturated rings. The molecule has 1 aromatic carbocycles. The highest BCUT2D eigenvalue weighted by atomic mass is 19.1. The molecule has 1 aliphatic heterocycles. The average Bonchev–Trinajstić information content (AvgIpc) is 3.07. The maximum Gasteiger partial charge on any atom is 0.209 e. The summed E-state index contributed by atoms with van der Waals surface area (Å²) in [7, 11) is 0. The Bertz CT molecular complexity index is 792. The Hall–Kier alpha value is -2.14. The molecule has 1 aliphatic rings. The van der Waals surface area contributed by atoms with Crippen LogP contribution < -0.4 is 0 Å². The van der Waals surface area contributed by atoms with Gasteiger partial charge in [0.2, 0.25) is 5.89 Å². The van der Waals surface area contributed by atoms with Gasteiger partial charge in [-0.25, -0.2) is 9.37 Å². The van der Waals surface area contributed by atoms with Crippen LogP contribution in [0.25, 0.3) is 11.1 Å². The summed E-state index contributed by atoms with van der Waals surface area (Å²) in [6.45, 7) is 4.76. The van der Waals surface area contributed by atoms with Gasteiger partial charge < -0.3 is 8.98 Å². The fourth-order valence-corrected chi connectivity index (χ4v) is 3.03. The van der Waals surface area contributed by atoms with E-state index in [9.17, 15) is 4.39 Å². The van der Waals surface area contributed by atoms with E-state index in [1.807, 2.05) is 0 Å². The second kappa shape index (κ2) is 4.70. The molecule has 0 amide bonds. The van der Waals surface area contributed by atoms with Crippen molar-refractivity contribution in [3.05, 3.63) is 53.9 Å². The van der Waals surface area contributed by atoms with Crippen LogP contribution in [0.3, 0.4) is 0 Å². The molecular weight excluding hydrogens is 269 g/mol. The predicted molar refractivity (Wildman–Crippen MR) is 77.2 cm³/mol. The molecule has 4 rings (SSSR count). The van der Waals surface area contributed by atoms with E-state index in [1.165, 1.54) is 17.8 Å². The summed E-state index contributed by atoms with van der Waals surface area (Å²) in [5.41, 5.74) is 2.53. The Balaban J connectivity index is 1.60. The number of aromatic nitrogens is 2. The lowest BCUT2D eigenvalue weighted by Gasteiger charge is -2.33. The van der Waals surface area contributed by atoms with E-state index in [0.29, 0.717) is 29.6 Å². The normalized spacial score (nSPS) is 19.0. The van der Waals surface area contributed by atoms with Gasteiger partial charge in [-0.05, 0) is 31.2 Å². The zero-order valence-electron chi connectivity index (χ0n) is 11.8. The number of hydrogen-bond donors (Lipinski definition) is 0. The Morgan fingerprint density at radius 1 is 1.33 bits per heavy atom. The molecule has 2 aromatic heterocycles. The van der Waals surface area contributed by atoms with Crippen LogP contribution >= 0.6 is 0 Å². The van der Waals surface area contributed by atoms with Crippen LogP contribution in [0.4, 0.5) is 4.39 Å². The van der Waals surface area contributed by atoms with Gasteiger partial charge in [-0.2, -0.15) is 0 Å². The van der Waals surface area contributed by atoms with Crippen LogP contribution in [0.15, 0.2) is 40.9 Å². The van der Waals surface area contributed by atoms with Crippen molar-refractivity contribution in [1.82, 2.24) is 14.5 Å². The van der Waals surface area contributed by atoms with E-state index >= 15 is 0 Å². The molecule has 0 saturated heterocycles. The maximum absolute atomic E-state index is 13.2. The summed E-state index contributed by atoms with van der Waals surface area (Å²) in [5, 5.41) is 0. The molecule has 0 radical (unpaired) electrons. The van der Waals surface area contributed by atoms with Gasteiger partial charge in [-0.15, -0.1) is 0 Å². The molecule has 0 bridgehead atoms. The van der Waals surface area contributed by atoms with Crippen molar-refractivity contribution in [2.75, 3.05) is 6.54 Å². The first-order chi connectivity index (χ1) is 10.2. The zero-order valence-corrected chi connectivity index (χ0v) is 11.8. The maximum atomic E-state index is 13.2. The number of hydrogen-bond acceptors (Lipinski definition) is 3. The largest absolute Gasteiger partial charge is 0.439 e. The smallest absolute Gasteiger partial charge is 0.209 e. The van der Waals surface area contributed by atoms with Gasteiger partial charge >= 0.3 is 0 Å². The number of oxazole rings is 1. The Kier molecular flexibility index (Phi) is 2.82. The minimum Gasteiger partial charge on any atom is -0.439 e. The molecule has 21 heavy (non-hydrogen) atoms. The third-order valence-corrected chi connectivity index (χ3v) is 4.20. The van der Waals surface area contributed by atoms with Gasteiger partial charge in [-0.3, -0.25) is 4.90 Å². The van der Waals surface area contributed by atoms with Crippen molar-refractivity contribution < 1.29 is 8.81 Å². The van der Waals surface area contributed by atoms with Gasteiger partial charge in [0.15, 0.2) is 5.58 Å². The van der Waals surface area contributed by atoms with E-state index in [1.54, 1.807) is 6.07 Å². The minimum absolute atomic E-state index is 0.297. The summed E-state index contributed by atoms with van der Waals surface area (Å²) >= 11 is 0. The van der Waals surface area contributed by atoms with Crippen LogP contribution in [0.2, 0.25) is 0 Å². The van der Waals surface area contributed by atoms with E-state index in [2.05, 4.69) is 39.7 Å². The molecule has 5 heteroatoms. The lowest BCUT2D eigenvalue weighted by Crippen LogP contribution is -2.35. The van der Waals surface area contributed by atoms with Crippen molar-refractivity contribution in [3.8, 4) is 0 Å². The zero-order chi connectivity index (χ0) is 14.4. The Morgan fingerprint density at radius 2 is 2.24 bits per heavy atom. The molecule has 4 nitrogen and oxygen atoms in total. The van der Waals surface area contributed by atoms with E-state index < -0.39 is 0 Å². The van der Waals surface area contributed by atoms with Gasteiger partial charge in [0.05, 0.1) is 6.54 Å². The highest BCUT2D eigenvalue weighted by Crippen LogP contribution is 2.27. The van der Waals surface area contributed by atoms with Crippen molar-refractivity contribution in [2.45, 2.75) is 26.1 Å². The minimum atomic E-state index is -0.297. The van der Waals surface area contributed by atoms with Crippen LogP contribution in [-0.2, 0) is 13.1 Å². The highest BCUT2D eigenvalue weighted by Gasteiger charge is 2.24. The lowest BCUT2D eigenvalue weighted by atomic mass is 10.1. The lowest BCUT2D eigenvalue weighted by molar-refractivity contribution is 0.147. The predicted octanol–water partition coefficient (Wildman–Crippen LogP) is 3.35. The summed E-state index contributed by atoms with van der Waals surface area (Å²) in [6, 6.07) is 9.00. The van der Waals surface area contributed by atoms with Crippen LogP contribution in [-0.4, -0.2) is 21.0 Å². The molecule has 0 saturated carbocycles. The fourth-order valence-electron chi connectivity index (χ4n) is 3.03. The van der Waals surface area contributed by atoms with Crippen molar-refractivity contribution in [2.24, 2.45) is 0 Å². The van der Waals surface area contributed by atoms with E-state index in [-0.39, 0.29) is 5.82 Å². The molecule has 0 N–H and O–H groups in total. The third-order valence-electron chi connectivity index (χ3n) is 4.20. The van der Waals surface area contributed by atoms with Crippen molar-refractivity contribution in [3.63, 3.8) is 0 Å². The topological polar surface area (TPSA) is 34.2 Å². The van der Waals surface area contributed by atoms with Gasteiger partial charge in [-0.1, -0.05) is 0 Å². The Labute approximate surface area is 121 Å². The number of rotatable bonds is 2. The number of nitrogens with zero attached hydrogens (tertiary/aromatic N) is 3. The first kappa shape index (κ1) is 12.6. The standard InChI is InChI=1S/C16H16FN3O/c1-11-14-3-2-6-19(14)7-8-20(11)10-16-18-13-5-4-12(17)9-15(13)21-16/h2-6,9,11H,7-8,10H2,1H3. The second-order valence-corrected chi connectivity index (χ2v) is 5.49. The number of benzene rings is 1. The van der Waals surface area contributed by atoms with Gasteiger partial charge in [0, 0.05) is 37.1 Å². The molecule has 108 valence electrons. The summed E-state index contributed by atoms with van der Waals surface area (Å²) in [6.07, 6.45) is 2.12. The quantitative estimate of drug-likeness (QED) is 0.724. The monoisotopic (exact) mass is 285 g/mol. The van der Waals surface area contributed by atoms with Crippen LogP contribution in [0.1, 0.15) is 24.6 Å². The molecule has 1 unspecified atom stereocenters. The first-order valence-corrected chi connectivity index (χ1v) is 7.15. The highest BCUT2D eigenvalue weighted by molar-refractivity contribution is 5.72. The van der Waals surface area contributed by atoms with Crippen LogP contribution in [0.5, 0.6) is 0 Å². The summed E-state index contributed by atoms with van der Waals surface area (Å²) in [5.74, 6) is 0.344. The molecule has 3 heterocycles. The van der Waals surface area contributed by atoms with Crippen LogP contribution in [0, 0.1) is 5.82 Å². The van der Waals surface area contributed by atoms with Crippen molar-refractivity contribution in [1.29, 1.82) is 0 Å². The number of fused-ring (bicyclic) bond motifs is 2. The summed E-state index contributed by atoms with van der Waals surface area (Å²) < 4.78 is 21.1. The van der Waals surface area contributed by atoms with Crippen molar-refractivity contribution >= 4 is 11.1 Å². The molecule has 1 atom stereocenters. The number of halogens is 1. The average molecular weight is 285 g/mol. The van der Waals surface area contributed by atoms with E-state index in [0.717, 1.165) is 13.1 Å². The second-order valence-electron chi connectivity index (χ2n) is 5.49. The SMILES string of the molecule is CC1c2cccn2CCN1Cc1nc2ccc(F)cc2o1. The Morgan fingerprint density at radius 3 is 3.14 bits per heavy atom. The van der Waals surface area contributed by atoms with Gasteiger partial charge in [0.25, 0.3) is 0 Å². The first-order valence-electron chi connectivity index (χ1n) is 7.15. The van der Waals surface area contributed by atoms with Gasteiger partial charge in [0.1, 0.15) is 11.3 Å². The molecule has 3 aromatic rings.